The van der Waals surface area contributed by atoms with E-state index in [9.17, 15) is 4.79 Å². The number of aliphatic imine (C=N–C) groups is 1. The fourth-order valence-electron chi connectivity index (χ4n) is 2.93. The lowest BCUT2D eigenvalue weighted by Gasteiger charge is -2.16. The number of amidine groups is 1. The minimum Gasteiger partial charge on any atom is -0.273 e. The molecule has 1 amide bonds. The summed E-state index contributed by atoms with van der Waals surface area (Å²) in [4.78, 5) is 19.6. The molecule has 0 bridgehead atoms. The Morgan fingerprint density at radius 3 is 2.04 bits per heavy atom. The molecular formula is C22H18N2OS. The lowest BCUT2D eigenvalue weighted by atomic mass is 10.1. The van der Waals surface area contributed by atoms with E-state index in [-0.39, 0.29) is 11.2 Å². The number of nitrogens with zero attached hydrogens (tertiary/aromatic N) is 2. The van der Waals surface area contributed by atoms with Gasteiger partial charge >= 0.3 is 0 Å². The summed E-state index contributed by atoms with van der Waals surface area (Å²) in [5, 5.41) is 0.563. The van der Waals surface area contributed by atoms with Crippen LogP contribution in [0.15, 0.2) is 96.0 Å². The maximum absolute atomic E-state index is 13.1. The minimum atomic E-state index is -0.167. The van der Waals surface area contributed by atoms with Crippen LogP contribution in [-0.4, -0.2) is 16.3 Å². The maximum atomic E-state index is 13.1. The highest BCUT2D eigenvalue weighted by Crippen LogP contribution is 2.35. The van der Waals surface area contributed by atoms with Crippen molar-refractivity contribution < 1.29 is 4.79 Å². The first-order chi connectivity index (χ1) is 12.8. The fourth-order valence-corrected chi connectivity index (χ4v) is 4.13. The topological polar surface area (TPSA) is 32.7 Å². The third-order valence-electron chi connectivity index (χ3n) is 4.19. The van der Waals surface area contributed by atoms with Crippen LogP contribution in [0.3, 0.4) is 0 Å². The monoisotopic (exact) mass is 358 g/mol. The zero-order valence-corrected chi connectivity index (χ0v) is 15.0. The Morgan fingerprint density at radius 2 is 1.38 bits per heavy atom. The standard InChI is InChI=1S/C22H18N2OS/c25-21-20(16-17-10-4-1-5-11-17)26-22(23-18-12-6-2-7-13-18)24(21)19-14-8-3-9-15-19/h1-15,20H,16H2/t20-/m1/s1. The number of rotatable bonds is 4. The molecule has 0 N–H and O–H groups in total. The van der Waals surface area contributed by atoms with Crippen LogP contribution >= 0.6 is 11.8 Å². The third kappa shape index (κ3) is 3.55. The minimum absolute atomic E-state index is 0.0831. The van der Waals surface area contributed by atoms with Crippen molar-refractivity contribution in [1.82, 2.24) is 0 Å². The normalized spacial score (nSPS) is 18.5. The number of amides is 1. The summed E-state index contributed by atoms with van der Waals surface area (Å²) in [6.45, 7) is 0. The van der Waals surface area contributed by atoms with Gasteiger partial charge in [0, 0.05) is 0 Å². The highest BCUT2D eigenvalue weighted by atomic mass is 32.2. The van der Waals surface area contributed by atoms with Crippen molar-refractivity contribution in [3.05, 3.63) is 96.6 Å². The van der Waals surface area contributed by atoms with Gasteiger partial charge in [-0.2, -0.15) is 0 Å². The lowest BCUT2D eigenvalue weighted by molar-refractivity contribution is -0.116. The average molecular weight is 358 g/mol. The van der Waals surface area contributed by atoms with Crippen molar-refractivity contribution >= 4 is 34.2 Å². The number of hydrogen-bond donors (Lipinski definition) is 0. The van der Waals surface area contributed by atoms with E-state index in [4.69, 9.17) is 4.99 Å². The number of para-hydroxylation sites is 2. The summed E-state index contributed by atoms with van der Waals surface area (Å²) in [5.74, 6) is 0.0831. The fraction of sp³-hybridized carbons (Fsp3) is 0.0909. The SMILES string of the molecule is O=C1[C@@H](Cc2ccccc2)SC(=Nc2ccccc2)N1c1ccccc1. The van der Waals surface area contributed by atoms with Gasteiger partial charge in [0.25, 0.3) is 0 Å². The van der Waals surface area contributed by atoms with Gasteiger partial charge in [-0.1, -0.05) is 78.5 Å². The first-order valence-electron chi connectivity index (χ1n) is 8.54. The van der Waals surface area contributed by atoms with Gasteiger partial charge in [-0.3, -0.25) is 9.69 Å². The van der Waals surface area contributed by atoms with Gasteiger partial charge in [0.1, 0.15) is 0 Å². The predicted molar refractivity (Wildman–Crippen MR) is 109 cm³/mol. The van der Waals surface area contributed by atoms with Crippen molar-refractivity contribution in [2.45, 2.75) is 11.7 Å². The molecule has 1 aliphatic heterocycles. The summed E-state index contributed by atoms with van der Waals surface area (Å²) in [7, 11) is 0. The molecule has 0 radical (unpaired) electrons. The van der Waals surface area contributed by atoms with E-state index in [1.807, 2.05) is 78.9 Å². The van der Waals surface area contributed by atoms with Gasteiger partial charge in [-0.05, 0) is 36.2 Å². The molecule has 4 rings (SSSR count). The molecule has 1 fully saturated rings. The van der Waals surface area contributed by atoms with Gasteiger partial charge in [0.05, 0.1) is 16.6 Å². The molecule has 3 nitrogen and oxygen atoms in total. The van der Waals surface area contributed by atoms with E-state index in [1.165, 1.54) is 11.8 Å². The maximum Gasteiger partial charge on any atom is 0.247 e. The second-order valence-corrected chi connectivity index (χ2v) is 7.21. The number of carbonyl (C=O) groups excluding carboxylic acids is 1. The largest absolute Gasteiger partial charge is 0.273 e. The van der Waals surface area contributed by atoms with Crippen molar-refractivity contribution in [1.29, 1.82) is 0 Å². The van der Waals surface area contributed by atoms with Crippen molar-refractivity contribution in [3.63, 3.8) is 0 Å². The Kier molecular flexibility index (Phi) is 4.84. The zero-order chi connectivity index (χ0) is 17.8. The highest BCUT2D eigenvalue weighted by molar-refractivity contribution is 8.16. The summed E-state index contributed by atoms with van der Waals surface area (Å²) < 4.78 is 0. The van der Waals surface area contributed by atoms with Crippen molar-refractivity contribution in [2.75, 3.05) is 4.90 Å². The van der Waals surface area contributed by atoms with Crippen LogP contribution in [0, 0.1) is 0 Å². The average Bonchev–Trinajstić information content (AvgIpc) is 2.99. The number of thioether (sulfide) groups is 1. The molecule has 0 aromatic heterocycles. The molecule has 0 unspecified atom stereocenters. The number of benzene rings is 3. The summed E-state index contributed by atoms with van der Waals surface area (Å²) >= 11 is 1.54. The van der Waals surface area contributed by atoms with Crippen LogP contribution < -0.4 is 4.90 Å². The summed E-state index contributed by atoms with van der Waals surface area (Å²) in [6, 6.07) is 29.6. The van der Waals surface area contributed by atoms with E-state index < -0.39 is 0 Å². The quantitative estimate of drug-likeness (QED) is 0.652. The molecule has 0 spiro atoms. The number of anilines is 1. The highest BCUT2D eigenvalue weighted by Gasteiger charge is 2.38. The van der Waals surface area contributed by atoms with Crippen molar-refractivity contribution in [2.24, 2.45) is 4.99 Å². The molecule has 0 aliphatic carbocycles. The first kappa shape index (κ1) is 16.6. The van der Waals surface area contributed by atoms with Crippen LogP contribution in [-0.2, 0) is 11.2 Å². The lowest BCUT2D eigenvalue weighted by Crippen LogP contribution is -2.32. The molecule has 1 atom stereocenters. The Morgan fingerprint density at radius 1 is 0.808 bits per heavy atom. The zero-order valence-electron chi connectivity index (χ0n) is 14.2. The van der Waals surface area contributed by atoms with Crippen LogP contribution in [0.4, 0.5) is 11.4 Å². The molecule has 128 valence electrons. The van der Waals surface area contributed by atoms with Crippen LogP contribution in [0.25, 0.3) is 0 Å². The third-order valence-corrected chi connectivity index (χ3v) is 5.33. The molecule has 3 aromatic carbocycles. The molecule has 1 heterocycles. The Bertz CT molecular complexity index is 911. The number of carbonyl (C=O) groups is 1. The Labute approximate surface area is 157 Å². The first-order valence-corrected chi connectivity index (χ1v) is 9.42. The van der Waals surface area contributed by atoms with Crippen LogP contribution in [0.1, 0.15) is 5.56 Å². The van der Waals surface area contributed by atoms with E-state index in [2.05, 4.69) is 12.1 Å². The molecular weight excluding hydrogens is 340 g/mol. The van der Waals surface area contributed by atoms with Gasteiger partial charge < -0.3 is 0 Å². The Balaban J connectivity index is 1.68. The molecule has 0 saturated carbocycles. The molecule has 1 saturated heterocycles. The van der Waals surface area contributed by atoms with E-state index in [0.717, 1.165) is 22.1 Å². The van der Waals surface area contributed by atoms with Crippen molar-refractivity contribution in [3.8, 4) is 0 Å². The summed E-state index contributed by atoms with van der Waals surface area (Å²) in [5.41, 5.74) is 2.87. The van der Waals surface area contributed by atoms with E-state index in [0.29, 0.717) is 6.42 Å². The van der Waals surface area contributed by atoms with E-state index in [1.54, 1.807) is 4.90 Å². The van der Waals surface area contributed by atoms with Gasteiger partial charge in [-0.25, -0.2) is 4.99 Å². The van der Waals surface area contributed by atoms with Gasteiger partial charge in [0.15, 0.2) is 5.17 Å². The smallest absolute Gasteiger partial charge is 0.247 e. The Hall–Kier alpha value is -2.85. The molecule has 3 aromatic rings. The van der Waals surface area contributed by atoms with Gasteiger partial charge in [0.2, 0.25) is 5.91 Å². The van der Waals surface area contributed by atoms with Crippen LogP contribution in [0.5, 0.6) is 0 Å². The van der Waals surface area contributed by atoms with E-state index >= 15 is 0 Å². The number of hydrogen-bond acceptors (Lipinski definition) is 3. The predicted octanol–water partition coefficient (Wildman–Crippen LogP) is 5.07. The summed E-state index contributed by atoms with van der Waals surface area (Å²) in [6.07, 6.45) is 0.696. The molecule has 4 heteroatoms. The molecule has 26 heavy (non-hydrogen) atoms. The van der Waals surface area contributed by atoms with Gasteiger partial charge in [-0.15, -0.1) is 0 Å². The second-order valence-electron chi connectivity index (χ2n) is 6.04. The van der Waals surface area contributed by atoms with Crippen LogP contribution in [0.2, 0.25) is 0 Å². The second kappa shape index (κ2) is 7.58. The molecule has 1 aliphatic rings.